The summed E-state index contributed by atoms with van der Waals surface area (Å²) in [5.74, 6) is 0.514. The van der Waals surface area contributed by atoms with Crippen LogP contribution in [0.3, 0.4) is 0 Å². The van der Waals surface area contributed by atoms with E-state index in [4.69, 9.17) is 5.73 Å². The molecule has 1 atom stereocenters. The highest BCUT2D eigenvalue weighted by molar-refractivity contribution is 7.80. The maximum atomic E-state index is 10.4. The van der Waals surface area contributed by atoms with Gasteiger partial charge >= 0.3 is 0 Å². The second-order valence-electron chi connectivity index (χ2n) is 2.17. The van der Waals surface area contributed by atoms with Gasteiger partial charge in [-0.15, -0.1) is 0 Å². The third-order valence-electron chi connectivity index (χ3n) is 1.33. The standard InChI is InChI=1S/C6H14N2OS/c1-8-5(2-3-10)4-6(7)9/h5,8,10H,2-4H2,1H3,(H2,7,9). The van der Waals surface area contributed by atoms with Gasteiger partial charge in [-0.1, -0.05) is 0 Å². The molecule has 0 rings (SSSR count). The largest absolute Gasteiger partial charge is 0.370 e. The first-order chi connectivity index (χ1) is 4.70. The molecule has 10 heavy (non-hydrogen) atoms. The number of thiol groups is 1. The molecule has 3 nitrogen and oxygen atoms in total. The number of carbonyl (C=O) groups is 1. The Hall–Kier alpha value is -0.220. The van der Waals surface area contributed by atoms with Crippen molar-refractivity contribution in [2.24, 2.45) is 5.73 Å². The van der Waals surface area contributed by atoms with Crippen LogP contribution in [0, 0.1) is 0 Å². The number of hydrogen-bond donors (Lipinski definition) is 3. The molecule has 1 amide bonds. The number of nitrogens with two attached hydrogens (primary N) is 1. The third-order valence-corrected chi connectivity index (χ3v) is 1.59. The lowest BCUT2D eigenvalue weighted by molar-refractivity contribution is -0.118. The van der Waals surface area contributed by atoms with Gasteiger partial charge in [0, 0.05) is 12.5 Å². The second kappa shape index (κ2) is 5.56. The SMILES string of the molecule is CNC(CCS)CC(N)=O. The quantitative estimate of drug-likeness (QED) is 0.489. The van der Waals surface area contributed by atoms with Gasteiger partial charge in [0.05, 0.1) is 0 Å². The van der Waals surface area contributed by atoms with Gasteiger partial charge in [0.2, 0.25) is 5.91 Å². The van der Waals surface area contributed by atoms with Crippen molar-refractivity contribution in [1.82, 2.24) is 5.32 Å². The topological polar surface area (TPSA) is 55.1 Å². The fourth-order valence-corrected chi connectivity index (χ4v) is 1.06. The molecule has 60 valence electrons. The van der Waals surface area contributed by atoms with Crippen molar-refractivity contribution >= 4 is 18.5 Å². The molecule has 0 aromatic carbocycles. The van der Waals surface area contributed by atoms with Crippen molar-refractivity contribution in [1.29, 1.82) is 0 Å². The molecular weight excluding hydrogens is 148 g/mol. The molecule has 1 unspecified atom stereocenters. The van der Waals surface area contributed by atoms with E-state index in [-0.39, 0.29) is 11.9 Å². The van der Waals surface area contributed by atoms with Crippen molar-refractivity contribution in [2.75, 3.05) is 12.8 Å². The molecule has 0 radical (unpaired) electrons. The van der Waals surface area contributed by atoms with Crippen LogP contribution in [0.5, 0.6) is 0 Å². The zero-order valence-corrected chi connectivity index (χ0v) is 7.03. The number of amides is 1. The van der Waals surface area contributed by atoms with Gasteiger partial charge in [-0.25, -0.2) is 0 Å². The smallest absolute Gasteiger partial charge is 0.218 e. The molecule has 0 heterocycles. The van der Waals surface area contributed by atoms with E-state index >= 15 is 0 Å². The fraction of sp³-hybridized carbons (Fsp3) is 0.833. The molecule has 4 heteroatoms. The van der Waals surface area contributed by atoms with Crippen molar-refractivity contribution in [3.8, 4) is 0 Å². The highest BCUT2D eigenvalue weighted by Crippen LogP contribution is 1.97. The summed E-state index contributed by atoms with van der Waals surface area (Å²) in [4.78, 5) is 10.4. The number of hydrogen-bond acceptors (Lipinski definition) is 3. The first-order valence-electron chi connectivity index (χ1n) is 3.27. The van der Waals surface area contributed by atoms with Gasteiger partial charge in [-0.2, -0.15) is 12.6 Å². The van der Waals surface area contributed by atoms with Crippen molar-refractivity contribution in [3.05, 3.63) is 0 Å². The van der Waals surface area contributed by atoms with E-state index in [0.717, 1.165) is 12.2 Å². The minimum atomic E-state index is -0.263. The number of rotatable bonds is 5. The van der Waals surface area contributed by atoms with Gasteiger partial charge in [-0.3, -0.25) is 4.79 Å². The van der Waals surface area contributed by atoms with E-state index in [1.165, 1.54) is 0 Å². The minimum Gasteiger partial charge on any atom is -0.370 e. The average molecular weight is 162 g/mol. The molecule has 0 aromatic heterocycles. The summed E-state index contributed by atoms with van der Waals surface area (Å²) in [5, 5.41) is 2.98. The molecule has 0 aliphatic carbocycles. The molecule has 0 fully saturated rings. The Labute approximate surface area is 66.8 Å². The molecule has 0 saturated carbocycles. The Morgan fingerprint density at radius 3 is 2.70 bits per heavy atom. The lowest BCUT2D eigenvalue weighted by Crippen LogP contribution is -2.31. The molecule has 0 aromatic rings. The lowest BCUT2D eigenvalue weighted by Gasteiger charge is -2.11. The summed E-state index contributed by atoms with van der Waals surface area (Å²) in [5.41, 5.74) is 5.00. The van der Waals surface area contributed by atoms with Crippen LogP contribution in [0.4, 0.5) is 0 Å². The van der Waals surface area contributed by atoms with E-state index in [0.29, 0.717) is 6.42 Å². The number of carbonyl (C=O) groups excluding carboxylic acids is 1. The van der Waals surface area contributed by atoms with Crippen molar-refractivity contribution in [3.63, 3.8) is 0 Å². The molecule has 0 aliphatic heterocycles. The zero-order chi connectivity index (χ0) is 7.98. The fourth-order valence-electron chi connectivity index (χ4n) is 0.747. The summed E-state index contributed by atoms with van der Waals surface area (Å²) in [6, 6.07) is 0.190. The summed E-state index contributed by atoms with van der Waals surface area (Å²) in [7, 11) is 1.82. The summed E-state index contributed by atoms with van der Waals surface area (Å²) < 4.78 is 0. The van der Waals surface area contributed by atoms with Gasteiger partial charge in [0.15, 0.2) is 0 Å². The Balaban J connectivity index is 3.49. The van der Waals surface area contributed by atoms with Crippen molar-refractivity contribution < 1.29 is 4.79 Å². The predicted octanol–water partition coefficient (Wildman–Crippen LogP) is -0.230. The number of nitrogens with one attached hydrogen (secondary N) is 1. The maximum Gasteiger partial charge on any atom is 0.218 e. The Morgan fingerprint density at radius 1 is 1.80 bits per heavy atom. The van der Waals surface area contributed by atoms with E-state index in [1.807, 2.05) is 7.05 Å². The first kappa shape index (κ1) is 9.78. The van der Waals surface area contributed by atoms with E-state index in [1.54, 1.807) is 0 Å². The van der Waals surface area contributed by atoms with Crippen molar-refractivity contribution in [2.45, 2.75) is 18.9 Å². The minimum absolute atomic E-state index is 0.190. The van der Waals surface area contributed by atoms with Gasteiger partial charge in [-0.05, 0) is 19.2 Å². The molecule has 3 N–H and O–H groups in total. The highest BCUT2D eigenvalue weighted by atomic mass is 32.1. The molecule has 0 spiro atoms. The zero-order valence-electron chi connectivity index (χ0n) is 6.13. The Kier molecular flexibility index (Phi) is 5.43. The van der Waals surface area contributed by atoms with Crippen LogP contribution in [0.1, 0.15) is 12.8 Å². The van der Waals surface area contributed by atoms with Gasteiger partial charge < -0.3 is 11.1 Å². The Bertz CT molecular complexity index is 108. The monoisotopic (exact) mass is 162 g/mol. The molecule has 0 aliphatic rings. The lowest BCUT2D eigenvalue weighted by atomic mass is 10.1. The third kappa shape index (κ3) is 4.64. The Morgan fingerprint density at radius 2 is 2.40 bits per heavy atom. The van der Waals surface area contributed by atoms with Crippen LogP contribution < -0.4 is 11.1 Å². The first-order valence-corrected chi connectivity index (χ1v) is 3.90. The summed E-state index contributed by atoms with van der Waals surface area (Å²) in [6.07, 6.45) is 1.28. The summed E-state index contributed by atoms with van der Waals surface area (Å²) in [6.45, 7) is 0. The summed E-state index contributed by atoms with van der Waals surface area (Å²) >= 11 is 4.04. The van der Waals surface area contributed by atoms with Crippen LogP contribution in [-0.4, -0.2) is 24.7 Å². The van der Waals surface area contributed by atoms with Crippen LogP contribution in [0.25, 0.3) is 0 Å². The van der Waals surface area contributed by atoms with Gasteiger partial charge in [0.1, 0.15) is 0 Å². The predicted molar refractivity (Wildman–Crippen MR) is 45.1 cm³/mol. The van der Waals surface area contributed by atoms with E-state index in [2.05, 4.69) is 17.9 Å². The number of primary amides is 1. The second-order valence-corrected chi connectivity index (χ2v) is 2.62. The normalized spacial score (nSPS) is 13.0. The van der Waals surface area contributed by atoms with Gasteiger partial charge in [0.25, 0.3) is 0 Å². The maximum absolute atomic E-state index is 10.4. The van der Waals surface area contributed by atoms with Crippen LogP contribution >= 0.6 is 12.6 Å². The van der Waals surface area contributed by atoms with E-state index in [9.17, 15) is 4.79 Å². The average Bonchev–Trinajstić information content (AvgIpc) is 1.86. The van der Waals surface area contributed by atoms with Crippen LogP contribution in [-0.2, 0) is 4.79 Å². The van der Waals surface area contributed by atoms with Crippen LogP contribution in [0.2, 0.25) is 0 Å². The van der Waals surface area contributed by atoms with E-state index < -0.39 is 0 Å². The highest BCUT2D eigenvalue weighted by Gasteiger charge is 2.06. The molecule has 0 saturated heterocycles. The molecule has 0 bridgehead atoms. The van der Waals surface area contributed by atoms with Crippen LogP contribution in [0.15, 0.2) is 0 Å². The molecular formula is C6H14N2OS.